The summed E-state index contributed by atoms with van der Waals surface area (Å²) in [6.07, 6.45) is 0.833. The zero-order chi connectivity index (χ0) is 18.2. The minimum atomic E-state index is -0.119. The maximum absolute atomic E-state index is 12.2. The summed E-state index contributed by atoms with van der Waals surface area (Å²) in [5.41, 5.74) is 2.91. The molecular formula is C19H25N3O2S. The number of benzene rings is 1. The van der Waals surface area contributed by atoms with Crippen LogP contribution in [0.15, 0.2) is 35.7 Å². The molecule has 2 rings (SSSR count). The molecule has 0 atom stereocenters. The van der Waals surface area contributed by atoms with E-state index < -0.39 is 0 Å². The summed E-state index contributed by atoms with van der Waals surface area (Å²) >= 11 is 1.69. The highest BCUT2D eigenvalue weighted by Crippen LogP contribution is 2.19. The van der Waals surface area contributed by atoms with E-state index in [1.807, 2.05) is 43.5 Å². The van der Waals surface area contributed by atoms with Crippen molar-refractivity contribution in [1.82, 2.24) is 10.2 Å². The van der Waals surface area contributed by atoms with E-state index in [4.69, 9.17) is 0 Å². The minimum absolute atomic E-state index is 0.0704. The highest BCUT2D eigenvalue weighted by atomic mass is 32.1. The molecule has 1 aromatic heterocycles. The van der Waals surface area contributed by atoms with Gasteiger partial charge in [-0.15, -0.1) is 11.3 Å². The predicted octanol–water partition coefficient (Wildman–Crippen LogP) is 2.59. The molecule has 0 unspecified atom stereocenters. The fraction of sp³-hybridized carbons (Fsp3) is 0.368. The van der Waals surface area contributed by atoms with Crippen molar-refractivity contribution in [3.8, 4) is 0 Å². The SMILES string of the molecule is Cc1cccc(C)c1NC(=O)CN(C)CC(=O)NCCc1cccs1. The Labute approximate surface area is 153 Å². The molecule has 2 amide bonds. The monoisotopic (exact) mass is 359 g/mol. The number of carbonyl (C=O) groups excluding carboxylic acids is 2. The van der Waals surface area contributed by atoms with Crippen molar-refractivity contribution in [3.63, 3.8) is 0 Å². The van der Waals surface area contributed by atoms with Gasteiger partial charge in [-0.25, -0.2) is 0 Å². The van der Waals surface area contributed by atoms with Crippen molar-refractivity contribution in [1.29, 1.82) is 0 Å². The fourth-order valence-electron chi connectivity index (χ4n) is 2.57. The first kappa shape index (κ1) is 19.1. The van der Waals surface area contributed by atoms with Gasteiger partial charge in [-0.3, -0.25) is 14.5 Å². The van der Waals surface area contributed by atoms with E-state index >= 15 is 0 Å². The summed E-state index contributed by atoms with van der Waals surface area (Å²) in [6.45, 7) is 4.92. The molecule has 2 aromatic rings. The number of nitrogens with one attached hydrogen (secondary N) is 2. The number of carbonyl (C=O) groups is 2. The van der Waals surface area contributed by atoms with E-state index in [0.29, 0.717) is 6.54 Å². The van der Waals surface area contributed by atoms with Gasteiger partial charge < -0.3 is 10.6 Å². The number of thiophene rings is 1. The van der Waals surface area contributed by atoms with Crippen LogP contribution in [0.4, 0.5) is 5.69 Å². The van der Waals surface area contributed by atoms with Crippen LogP contribution in [-0.4, -0.2) is 43.4 Å². The lowest BCUT2D eigenvalue weighted by Gasteiger charge is -2.17. The average Bonchev–Trinajstić information content (AvgIpc) is 3.04. The number of aryl methyl sites for hydroxylation is 2. The first-order valence-electron chi connectivity index (χ1n) is 8.29. The third-order valence-corrected chi connectivity index (χ3v) is 4.78. The fourth-order valence-corrected chi connectivity index (χ4v) is 3.28. The predicted molar refractivity (Wildman–Crippen MR) is 103 cm³/mol. The summed E-state index contributed by atoms with van der Waals surface area (Å²) in [7, 11) is 1.77. The second-order valence-corrected chi connectivity index (χ2v) is 7.20. The molecular weight excluding hydrogens is 334 g/mol. The van der Waals surface area contributed by atoms with E-state index in [2.05, 4.69) is 16.7 Å². The Kier molecular flexibility index (Phi) is 7.16. The molecule has 1 aromatic carbocycles. The van der Waals surface area contributed by atoms with E-state index in [0.717, 1.165) is 23.2 Å². The number of amides is 2. The van der Waals surface area contributed by atoms with Crippen LogP contribution in [0.5, 0.6) is 0 Å². The van der Waals surface area contributed by atoms with E-state index in [1.54, 1.807) is 23.3 Å². The number of likely N-dealkylation sites (N-methyl/N-ethyl adjacent to an activating group) is 1. The van der Waals surface area contributed by atoms with Gasteiger partial charge in [-0.1, -0.05) is 24.3 Å². The largest absolute Gasteiger partial charge is 0.355 e. The third-order valence-electron chi connectivity index (χ3n) is 3.85. The Bertz CT molecular complexity index is 693. The van der Waals surface area contributed by atoms with Gasteiger partial charge in [0.05, 0.1) is 13.1 Å². The van der Waals surface area contributed by atoms with Gasteiger partial charge in [-0.2, -0.15) is 0 Å². The molecule has 0 spiro atoms. The summed E-state index contributed by atoms with van der Waals surface area (Å²) in [5.74, 6) is -0.190. The van der Waals surface area contributed by atoms with Gasteiger partial charge in [0.15, 0.2) is 0 Å². The number of para-hydroxylation sites is 1. The number of anilines is 1. The van der Waals surface area contributed by atoms with Crippen molar-refractivity contribution < 1.29 is 9.59 Å². The Hall–Kier alpha value is -2.18. The van der Waals surface area contributed by atoms with Crippen LogP contribution < -0.4 is 10.6 Å². The normalized spacial score (nSPS) is 10.7. The summed E-state index contributed by atoms with van der Waals surface area (Å²) in [4.78, 5) is 27.1. The summed E-state index contributed by atoms with van der Waals surface area (Å²) < 4.78 is 0. The van der Waals surface area contributed by atoms with Crippen LogP contribution in [0.1, 0.15) is 16.0 Å². The zero-order valence-corrected chi connectivity index (χ0v) is 15.8. The molecule has 0 radical (unpaired) electrons. The average molecular weight is 359 g/mol. The summed E-state index contributed by atoms with van der Waals surface area (Å²) in [5, 5.41) is 7.85. The molecule has 6 heteroatoms. The van der Waals surface area contributed by atoms with Gasteiger partial charge in [-0.05, 0) is 49.9 Å². The van der Waals surface area contributed by atoms with E-state index in [9.17, 15) is 9.59 Å². The molecule has 134 valence electrons. The Morgan fingerprint density at radius 3 is 2.36 bits per heavy atom. The van der Waals surface area contributed by atoms with Crippen molar-refractivity contribution in [2.75, 3.05) is 32.0 Å². The van der Waals surface area contributed by atoms with Crippen molar-refractivity contribution in [2.24, 2.45) is 0 Å². The van der Waals surface area contributed by atoms with Crippen LogP contribution in [0, 0.1) is 13.8 Å². The molecule has 25 heavy (non-hydrogen) atoms. The molecule has 0 saturated heterocycles. The second-order valence-electron chi connectivity index (χ2n) is 6.17. The molecule has 0 aliphatic heterocycles. The smallest absolute Gasteiger partial charge is 0.238 e. The van der Waals surface area contributed by atoms with E-state index in [1.165, 1.54) is 4.88 Å². The number of hydrogen-bond acceptors (Lipinski definition) is 4. The third kappa shape index (κ3) is 6.32. The lowest BCUT2D eigenvalue weighted by Crippen LogP contribution is -2.39. The van der Waals surface area contributed by atoms with Crippen LogP contribution >= 0.6 is 11.3 Å². The van der Waals surface area contributed by atoms with Crippen LogP contribution in [0.25, 0.3) is 0 Å². The lowest BCUT2D eigenvalue weighted by molar-refractivity contribution is -0.122. The molecule has 0 bridgehead atoms. The number of nitrogens with zero attached hydrogens (tertiary/aromatic N) is 1. The lowest BCUT2D eigenvalue weighted by atomic mass is 10.1. The van der Waals surface area contributed by atoms with Crippen LogP contribution in [0.3, 0.4) is 0 Å². The molecule has 0 aliphatic rings. The van der Waals surface area contributed by atoms with Crippen LogP contribution in [-0.2, 0) is 16.0 Å². The van der Waals surface area contributed by atoms with Crippen molar-refractivity contribution >= 4 is 28.8 Å². The molecule has 0 saturated carbocycles. The maximum atomic E-state index is 12.2. The van der Waals surface area contributed by atoms with Gasteiger partial charge in [0.25, 0.3) is 0 Å². The highest BCUT2D eigenvalue weighted by Gasteiger charge is 2.12. The molecule has 1 heterocycles. The first-order chi connectivity index (χ1) is 12.0. The van der Waals surface area contributed by atoms with Gasteiger partial charge in [0.1, 0.15) is 0 Å². The standard InChI is InChI=1S/C19H25N3O2S/c1-14-6-4-7-15(2)19(14)21-18(24)13-22(3)12-17(23)20-10-9-16-8-5-11-25-16/h4-8,11H,9-10,12-13H2,1-3H3,(H,20,23)(H,21,24). The van der Waals surface area contributed by atoms with Gasteiger partial charge in [0, 0.05) is 17.1 Å². The Morgan fingerprint density at radius 1 is 1.04 bits per heavy atom. The topological polar surface area (TPSA) is 61.4 Å². The van der Waals surface area contributed by atoms with E-state index in [-0.39, 0.29) is 24.9 Å². The highest BCUT2D eigenvalue weighted by molar-refractivity contribution is 7.09. The quantitative estimate of drug-likeness (QED) is 0.762. The van der Waals surface area contributed by atoms with Gasteiger partial charge in [0.2, 0.25) is 11.8 Å². The molecule has 2 N–H and O–H groups in total. The molecule has 0 fully saturated rings. The number of rotatable bonds is 8. The van der Waals surface area contributed by atoms with Crippen molar-refractivity contribution in [3.05, 3.63) is 51.7 Å². The second kappa shape index (κ2) is 9.34. The van der Waals surface area contributed by atoms with Crippen LogP contribution in [0.2, 0.25) is 0 Å². The van der Waals surface area contributed by atoms with Gasteiger partial charge >= 0.3 is 0 Å². The summed E-state index contributed by atoms with van der Waals surface area (Å²) in [6, 6.07) is 9.96. The Balaban J connectivity index is 1.72. The molecule has 0 aliphatic carbocycles. The number of hydrogen-bond donors (Lipinski definition) is 2. The molecule has 5 nitrogen and oxygen atoms in total. The Morgan fingerprint density at radius 2 is 1.72 bits per heavy atom. The van der Waals surface area contributed by atoms with Crippen molar-refractivity contribution in [2.45, 2.75) is 20.3 Å². The minimum Gasteiger partial charge on any atom is -0.355 e. The first-order valence-corrected chi connectivity index (χ1v) is 9.17. The zero-order valence-electron chi connectivity index (χ0n) is 15.0. The maximum Gasteiger partial charge on any atom is 0.238 e.